The van der Waals surface area contributed by atoms with Crippen LogP contribution in [0.3, 0.4) is 0 Å². The fourth-order valence-electron chi connectivity index (χ4n) is 2.48. The molecule has 0 amide bonds. The molecule has 0 radical (unpaired) electrons. The predicted molar refractivity (Wildman–Crippen MR) is 73.4 cm³/mol. The average Bonchev–Trinajstić information content (AvgIpc) is 2.82. The minimum Gasteiger partial charge on any atom is -0.382 e. The Labute approximate surface area is 107 Å². The van der Waals surface area contributed by atoms with Gasteiger partial charge in [0.05, 0.1) is 0 Å². The van der Waals surface area contributed by atoms with Gasteiger partial charge in [0.2, 0.25) is 0 Å². The van der Waals surface area contributed by atoms with E-state index in [2.05, 4.69) is 24.1 Å². The Balaban J connectivity index is 1.99. The summed E-state index contributed by atoms with van der Waals surface area (Å²) in [5.41, 5.74) is 0. The molecule has 1 saturated heterocycles. The summed E-state index contributed by atoms with van der Waals surface area (Å²) in [5, 5.41) is 3.53. The SMILES string of the molecule is CCOCCCNCC(C)N1CCC(CC)C1. The smallest absolute Gasteiger partial charge is 0.0477 e. The Bertz CT molecular complexity index is 187. The van der Waals surface area contributed by atoms with E-state index in [0.717, 1.165) is 38.6 Å². The molecule has 0 spiro atoms. The number of hydrogen-bond donors (Lipinski definition) is 1. The number of ether oxygens (including phenoxy) is 1. The molecule has 102 valence electrons. The van der Waals surface area contributed by atoms with Crippen molar-refractivity contribution in [1.29, 1.82) is 0 Å². The van der Waals surface area contributed by atoms with Gasteiger partial charge in [-0.3, -0.25) is 4.90 Å². The molecule has 0 aliphatic carbocycles. The van der Waals surface area contributed by atoms with Gasteiger partial charge >= 0.3 is 0 Å². The first-order valence-electron chi connectivity index (χ1n) is 7.30. The molecule has 0 aromatic carbocycles. The Hall–Kier alpha value is -0.120. The summed E-state index contributed by atoms with van der Waals surface area (Å²) in [6.07, 6.45) is 3.86. The van der Waals surface area contributed by atoms with Crippen LogP contribution in [0.1, 0.15) is 40.0 Å². The molecule has 0 bridgehead atoms. The lowest BCUT2D eigenvalue weighted by molar-refractivity contribution is 0.144. The molecule has 0 aromatic heterocycles. The van der Waals surface area contributed by atoms with Crippen molar-refractivity contribution >= 4 is 0 Å². The first kappa shape index (κ1) is 14.9. The predicted octanol–water partition coefficient (Wildman–Crippen LogP) is 2.12. The van der Waals surface area contributed by atoms with Crippen LogP contribution in [0.15, 0.2) is 0 Å². The van der Waals surface area contributed by atoms with E-state index in [1.165, 1.54) is 25.9 Å². The normalized spacial score (nSPS) is 23.1. The van der Waals surface area contributed by atoms with E-state index < -0.39 is 0 Å². The van der Waals surface area contributed by atoms with Crippen LogP contribution in [0.25, 0.3) is 0 Å². The standard InChI is InChI=1S/C14H30N2O/c1-4-14-7-9-16(12-14)13(3)11-15-8-6-10-17-5-2/h13-15H,4-12H2,1-3H3. The molecule has 3 nitrogen and oxygen atoms in total. The fourth-order valence-corrected chi connectivity index (χ4v) is 2.48. The van der Waals surface area contributed by atoms with Crippen molar-refractivity contribution in [3.05, 3.63) is 0 Å². The summed E-state index contributed by atoms with van der Waals surface area (Å²) in [7, 11) is 0. The van der Waals surface area contributed by atoms with E-state index in [9.17, 15) is 0 Å². The maximum atomic E-state index is 5.32. The summed E-state index contributed by atoms with van der Waals surface area (Å²) < 4.78 is 5.32. The molecule has 2 atom stereocenters. The van der Waals surface area contributed by atoms with Gasteiger partial charge in [0.15, 0.2) is 0 Å². The van der Waals surface area contributed by atoms with Crippen molar-refractivity contribution in [3.63, 3.8) is 0 Å². The Morgan fingerprint density at radius 2 is 2.24 bits per heavy atom. The van der Waals surface area contributed by atoms with Gasteiger partial charge in [0, 0.05) is 32.3 Å². The molecule has 3 heteroatoms. The maximum Gasteiger partial charge on any atom is 0.0477 e. The third kappa shape index (κ3) is 5.84. The van der Waals surface area contributed by atoms with Crippen LogP contribution in [0, 0.1) is 5.92 Å². The highest BCUT2D eigenvalue weighted by Gasteiger charge is 2.24. The minimum atomic E-state index is 0.679. The molecular weight excluding hydrogens is 212 g/mol. The topological polar surface area (TPSA) is 24.5 Å². The van der Waals surface area contributed by atoms with Crippen LogP contribution in [-0.2, 0) is 4.74 Å². The van der Waals surface area contributed by atoms with Crippen LogP contribution in [0.2, 0.25) is 0 Å². The zero-order chi connectivity index (χ0) is 12.5. The van der Waals surface area contributed by atoms with Crippen molar-refractivity contribution < 1.29 is 4.74 Å². The van der Waals surface area contributed by atoms with Gasteiger partial charge < -0.3 is 10.1 Å². The van der Waals surface area contributed by atoms with E-state index in [-0.39, 0.29) is 0 Å². The highest BCUT2D eigenvalue weighted by Crippen LogP contribution is 2.20. The Kier molecular flexibility index (Phi) is 7.82. The van der Waals surface area contributed by atoms with Crippen molar-refractivity contribution in [2.24, 2.45) is 5.92 Å². The molecule has 1 aliphatic heterocycles. The van der Waals surface area contributed by atoms with Gasteiger partial charge in [-0.1, -0.05) is 13.3 Å². The van der Waals surface area contributed by atoms with Crippen molar-refractivity contribution in [3.8, 4) is 0 Å². The van der Waals surface area contributed by atoms with Crippen LogP contribution in [0.5, 0.6) is 0 Å². The van der Waals surface area contributed by atoms with Crippen molar-refractivity contribution in [2.45, 2.75) is 46.1 Å². The number of likely N-dealkylation sites (tertiary alicyclic amines) is 1. The third-order valence-corrected chi connectivity index (χ3v) is 3.80. The summed E-state index contributed by atoms with van der Waals surface area (Å²) in [6.45, 7) is 13.2. The van der Waals surface area contributed by atoms with Crippen LogP contribution >= 0.6 is 0 Å². The third-order valence-electron chi connectivity index (χ3n) is 3.80. The van der Waals surface area contributed by atoms with E-state index in [1.807, 2.05) is 6.92 Å². The zero-order valence-electron chi connectivity index (χ0n) is 11.9. The summed E-state index contributed by atoms with van der Waals surface area (Å²) >= 11 is 0. The molecule has 1 heterocycles. The molecular formula is C14H30N2O. The maximum absolute atomic E-state index is 5.32. The first-order chi connectivity index (χ1) is 8.27. The molecule has 17 heavy (non-hydrogen) atoms. The van der Waals surface area contributed by atoms with Crippen molar-refractivity contribution in [1.82, 2.24) is 10.2 Å². The quantitative estimate of drug-likeness (QED) is 0.627. The number of rotatable bonds is 9. The second-order valence-electron chi connectivity index (χ2n) is 5.16. The number of nitrogens with zero attached hydrogens (tertiary/aromatic N) is 1. The molecule has 0 saturated carbocycles. The summed E-state index contributed by atoms with van der Waals surface area (Å²) in [6, 6.07) is 0.679. The summed E-state index contributed by atoms with van der Waals surface area (Å²) in [5.74, 6) is 0.940. The summed E-state index contributed by atoms with van der Waals surface area (Å²) in [4.78, 5) is 2.63. The molecule has 1 aliphatic rings. The first-order valence-corrected chi connectivity index (χ1v) is 7.30. The van der Waals surface area contributed by atoms with Crippen LogP contribution in [0.4, 0.5) is 0 Å². The lowest BCUT2D eigenvalue weighted by Gasteiger charge is -2.24. The molecule has 0 aromatic rings. The van der Waals surface area contributed by atoms with Crippen molar-refractivity contribution in [2.75, 3.05) is 39.4 Å². The number of nitrogens with one attached hydrogen (secondary N) is 1. The monoisotopic (exact) mass is 242 g/mol. The minimum absolute atomic E-state index is 0.679. The number of hydrogen-bond acceptors (Lipinski definition) is 3. The lowest BCUT2D eigenvalue weighted by Crippen LogP contribution is -2.39. The van der Waals surface area contributed by atoms with Crippen LogP contribution < -0.4 is 5.32 Å². The second kappa shape index (κ2) is 8.90. The van der Waals surface area contributed by atoms with E-state index in [1.54, 1.807) is 0 Å². The molecule has 1 fully saturated rings. The van der Waals surface area contributed by atoms with Gasteiger partial charge in [0.25, 0.3) is 0 Å². The average molecular weight is 242 g/mol. The Morgan fingerprint density at radius 3 is 2.88 bits per heavy atom. The van der Waals surface area contributed by atoms with Gasteiger partial charge in [0.1, 0.15) is 0 Å². The van der Waals surface area contributed by atoms with Gasteiger partial charge in [-0.05, 0) is 45.7 Å². The Morgan fingerprint density at radius 1 is 1.41 bits per heavy atom. The molecule has 1 rings (SSSR count). The highest BCUT2D eigenvalue weighted by atomic mass is 16.5. The van der Waals surface area contributed by atoms with E-state index in [4.69, 9.17) is 4.74 Å². The van der Waals surface area contributed by atoms with Crippen LogP contribution in [-0.4, -0.2) is 50.3 Å². The zero-order valence-corrected chi connectivity index (χ0v) is 11.9. The molecule has 1 N–H and O–H groups in total. The van der Waals surface area contributed by atoms with Gasteiger partial charge in [-0.25, -0.2) is 0 Å². The van der Waals surface area contributed by atoms with E-state index >= 15 is 0 Å². The largest absolute Gasteiger partial charge is 0.382 e. The fraction of sp³-hybridized carbons (Fsp3) is 1.00. The molecule has 2 unspecified atom stereocenters. The lowest BCUT2D eigenvalue weighted by atomic mass is 10.1. The highest BCUT2D eigenvalue weighted by molar-refractivity contribution is 4.79. The van der Waals surface area contributed by atoms with E-state index in [0.29, 0.717) is 6.04 Å². The van der Waals surface area contributed by atoms with Gasteiger partial charge in [-0.15, -0.1) is 0 Å². The van der Waals surface area contributed by atoms with Gasteiger partial charge in [-0.2, -0.15) is 0 Å². The second-order valence-corrected chi connectivity index (χ2v) is 5.16.